The van der Waals surface area contributed by atoms with Gasteiger partial charge in [0.1, 0.15) is 5.54 Å². The Bertz CT molecular complexity index is 298. The molecule has 0 aromatic heterocycles. The quantitative estimate of drug-likeness (QED) is 0.770. The number of nitrogens with zero attached hydrogens (tertiary/aromatic N) is 1. The summed E-state index contributed by atoms with van der Waals surface area (Å²) in [5, 5.41) is 3.40. The topological polar surface area (TPSA) is 41.6 Å². The van der Waals surface area contributed by atoms with E-state index in [0.29, 0.717) is 12.0 Å². The van der Waals surface area contributed by atoms with Gasteiger partial charge in [0.15, 0.2) is 0 Å². The molecule has 0 radical (unpaired) electrons. The average molecular weight is 254 g/mol. The molecule has 104 valence electrons. The summed E-state index contributed by atoms with van der Waals surface area (Å²) in [6, 6.07) is 0.612. The Hall–Kier alpha value is -0.610. The molecule has 2 heterocycles. The first kappa shape index (κ1) is 13.8. The van der Waals surface area contributed by atoms with Crippen molar-refractivity contribution in [2.45, 2.75) is 51.1 Å². The second kappa shape index (κ2) is 5.57. The van der Waals surface area contributed by atoms with Gasteiger partial charge in [-0.1, -0.05) is 0 Å². The average Bonchev–Trinajstić information content (AvgIpc) is 2.98. The molecule has 0 aliphatic carbocycles. The molecule has 0 aromatic rings. The van der Waals surface area contributed by atoms with Crippen LogP contribution in [0.2, 0.25) is 0 Å². The Morgan fingerprint density at radius 3 is 2.83 bits per heavy atom. The summed E-state index contributed by atoms with van der Waals surface area (Å²) in [4.78, 5) is 14.5. The Balaban J connectivity index is 1.96. The zero-order chi connectivity index (χ0) is 13.2. The van der Waals surface area contributed by atoms with Crippen molar-refractivity contribution < 1.29 is 9.53 Å². The highest BCUT2D eigenvalue weighted by Gasteiger charge is 2.44. The van der Waals surface area contributed by atoms with E-state index < -0.39 is 5.54 Å². The largest absolute Gasteiger partial charge is 0.468 e. The predicted molar refractivity (Wildman–Crippen MR) is 71.4 cm³/mol. The minimum absolute atomic E-state index is 0.0667. The second-order valence-electron chi connectivity index (χ2n) is 6.05. The van der Waals surface area contributed by atoms with E-state index in [1.807, 2.05) is 0 Å². The lowest BCUT2D eigenvalue weighted by Crippen LogP contribution is -2.50. The van der Waals surface area contributed by atoms with Crippen molar-refractivity contribution in [1.29, 1.82) is 0 Å². The van der Waals surface area contributed by atoms with E-state index >= 15 is 0 Å². The first-order chi connectivity index (χ1) is 8.57. The first-order valence-corrected chi connectivity index (χ1v) is 7.15. The molecule has 0 aromatic carbocycles. The molecule has 2 aliphatic rings. The van der Waals surface area contributed by atoms with Crippen LogP contribution in [-0.2, 0) is 9.53 Å². The molecule has 2 saturated heterocycles. The fourth-order valence-electron chi connectivity index (χ4n) is 3.42. The molecule has 0 bridgehead atoms. The van der Waals surface area contributed by atoms with Gasteiger partial charge < -0.3 is 15.0 Å². The summed E-state index contributed by atoms with van der Waals surface area (Å²) in [6.07, 6.45) is 4.15. The fourth-order valence-corrected chi connectivity index (χ4v) is 3.42. The molecule has 2 aliphatic heterocycles. The van der Waals surface area contributed by atoms with E-state index in [1.165, 1.54) is 20.1 Å². The van der Waals surface area contributed by atoms with Crippen molar-refractivity contribution in [3.63, 3.8) is 0 Å². The van der Waals surface area contributed by atoms with Crippen LogP contribution in [0.15, 0.2) is 0 Å². The molecule has 2 fully saturated rings. The lowest BCUT2D eigenvalue weighted by Gasteiger charge is -2.29. The van der Waals surface area contributed by atoms with Gasteiger partial charge >= 0.3 is 5.97 Å². The van der Waals surface area contributed by atoms with Crippen LogP contribution in [0.1, 0.15) is 39.5 Å². The van der Waals surface area contributed by atoms with Crippen molar-refractivity contribution in [3.05, 3.63) is 0 Å². The Morgan fingerprint density at radius 2 is 2.33 bits per heavy atom. The van der Waals surface area contributed by atoms with Gasteiger partial charge in [-0.25, -0.2) is 0 Å². The molecule has 1 N–H and O–H groups in total. The number of carbonyl (C=O) groups is 1. The van der Waals surface area contributed by atoms with E-state index in [-0.39, 0.29) is 5.97 Å². The molecule has 18 heavy (non-hydrogen) atoms. The minimum atomic E-state index is -0.396. The summed E-state index contributed by atoms with van der Waals surface area (Å²) in [5.41, 5.74) is -0.396. The van der Waals surface area contributed by atoms with E-state index in [2.05, 4.69) is 24.1 Å². The highest BCUT2D eigenvalue weighted by Crippen LogP contribution is 2.32. The SMILES string of the molecule is COC(=O)C1(CC2CCN(C(C)C)C2)CCCN1. The standard InChI is InChI=1S/C14H26N2O2/c1-11(2)16-8-5-12(10-16)9-14(13(17)18-3)6-4-7-15-14/h11-12,15H,4-10H2,1-3H3. The molecular weight excluding hydrogens is 228 g/mol. The molecule has 0 saturated carbocycles. The maximum absolute atomic E-state index is 12.0. The summed E-state index contributed by atoms with van der Waals surface area (Å²) in [6.45, 7) is 7.71. The fraction of sp³-hybridized carbons (Fsp3) is 0.929. The predicted octanol–water partition coefficient (Wildman–Crippen LogP) is 1.40. The summed E-state index contributed by atoms with van der Waals surface area (Å²) in [7, 11) is 1.50. The van der Waals surface area contributed by atoms with Crippen LogP contribution in [0.5, 0.6) is 0 Å². The molecule has 4 nitrogen and oxygen atoms in total. The number of ether oxygens (including phenoxy) is 1. The number of likely N-dealkylation sites (tertiary alicyclic amines) is 1. The van der Waals surface area contributed by atoms with Crippen LogP contribution >= 0.6 is 0 Å². The van der Waals surface area contributed by atoms with Gasteiger partial charge in [-0.3, -0.25) is 4.79 Å². The first-order valence-electron chi connectivity index (χ1n) is 7.15. The van der Waals surface area contributed by atoms with Crippen molar-refractivity contribution in [3.8, 4) is 0 Å². The van der Waals surface area contributed by atoms with Gasteiger partial charge in [0.2, 0.25) is 0 Å². The van der Waals surface area contributed by atoms with E-state index in [9.17, 15) is 4.79 Å². The van der Waals surface area contributed by atoms with Gasteiger partial charge in [0.05, 0.1) is 7.11 Å². The van der Waals surface area contributed by atoms with Gasteiger partial charge in [0, 0.05) is 12.6 Å². The number of hydrogen-bond acceptors (Lipinski definition) is 4. The molecule has 4 heteroatoms. The number of methoxy groups -OCH3 is 1. The molecule has 0 spiro atoms. The van der Waals surface area contributed by atoms with E-state index in [4.69, 9.17) is 4.74 Å². The maximum Gasteiger partial charge on any atom is 0.326 e. The van der Waals surface area contributed by atoms with E-state index in [1.54, 1.807) is 0 Å². The van der Waals surface area contributed by atoms with Crippen LogP contribution in [0.3, 0.4) is 0 Å². The van der Waals surface area contributed by atoms with Crippen molar-refractivity contribution in [1.82, 2.24) is 10.2 Å². The van der Waals surface area contributed by atoms with Gasteiger partial charge in [-0.2, -0.15) is 0 Å². The van der Waals surface area contributed by atoms with Crippen molar-refractivity contribution in [2.24, 2.45) is 5.92 Å². The van der Waals surface area contributed by atoms with Crippen LogP contribution in [0.4, 0.5) is 0 Å². The zero-order valence-corrected chi connectivity index (χ0v) is 11.9. The van der Waals surface area contributed by atoms with Gasteiger partial charge in [-0.15, -0.1) is 0 Å². The smallest absolute Gasteiger partial charge is 0.326 e. The summed E-state index contributed by atoms with van der Waals surface area (Å²) in [5.74, 6) is 0.556. The molecule has 2 atom stereocenters. The molecular formula is C14H26N2O2. The lowest BCUT2D eigenvalue weighted by molar-refractivity contribution is -0.148. The second-order valence-corrected chi connectivity index (χ2v) is 6.05. The third-order valence-corrected chi connectivity index (χ3v) is 4.50. The number of rotatable bonds is 4. The molecule has 2 unspecified atom stereocenters. The van der Waals surface area contributed by atoms with Crippen LogP contribution in [0.25, 0.3) is 0 Å². The van der Waals surface area contributed by atoms with Gasteiger partial charge in [0.25, 0.3) is 0 Å². The Kier molecular flexibility index (Phi) is 4.28. The minimum Gasteiger partial charge on any atom is -0.468 e. The van der Waals surface area contributed by atoms with E-state index in [0.717, 1.165) is 32.4 Å². The number of nitrogens with one attached hydrogen (secondary N) is 1. The third-order valence-electron chi connectivity index (χ3n) is 4.50. The lowest BCUT2D eigenvalue weighted by atomic mass is 9.85. The van der Waals surface area contributed by atoms with Crippen molar-refractivity contribution in [2.75, 3.05) is 26.7 Å². The van der Waals surface area contributed by atoms with Crippen LogP contribution in [-0.4, -0.2) is 49.2 Å². The van der Waals surface area contributed by atoms with Crippen LogP contribution in [0, 0.1) is 5.92 Å². The Labute approximate surface area is 110 Å². The number of hydrogen-bond donors (Lipinski definition) is 1. The van der Waals surface area contributed by atoms with Crippen molar-refractivity contribution >= 4 is 5.97 Å². The zero-order valence-electron chi connectivity index (χ0n) is 11.9. The molecule has 2 rings (SSSR count). The summed E-state index contributed by atoms with van der Waals surface area (Å²) >= 11 is 0. The third kappa shape index (κ3) is 2.69. The maximum atomic E-state index is 12.0. The monoisotopic (exact) mass is 254 g/mol. The number of carbonyl (C=O) groups excluding carboxylic acids is 1. The number of esters is 1. The molecule has 0 amide bonds. The highest BCUT2D eigenvalue weighted by molar-refractivity contribution is 5.81. The Morgan fingerprint density at radius 1 is 1.56 bits per heavy atom. The van der Waals surface area contributed by atoms with Gasteiger partial charge in [-0.05, 0) is 58.5 Å². The highest BCUT2D eigenvalue weighted by atomic mass is 16.5. The summed E-state index contributed by atoms with van der Waals surface area (Å²) < 4.78 is 5.01. The van der Waals surface area contributed by atoms with Crippen LogP contribution < -0.4 is 5.32 Å². The normalized spacial score (nSPS) is 33.2.